The van der Waals surface area contributed by atoms with Crippen LogP contribution in [0.15, 0.2) is 103 Å². The van der Waals surface area contributed by atoms with Crippen LogP contribution in [0.4, 0.5) is 5.69 Å². The molecule has 9 heteroatoms. The van der Waals surface area contributed by atoms with Gasteiger partial charge in [0.1, 0.15) is 36.4 Å². The standard InChI is InChI=1S/C36H33N5O4/c1-24(2)26-11-15-30(16-12-26)45-31-17-13-29(14-18-31)39-34(43)23-41(22-33(42)38-21-25-7-4-3-5-8-25)36(44)32-19-27-9-6-10-28(20-37)35(27)40-32/h3-19,24,40H,21-23H2,1-2H3,(H,38,42)(H,39,43). The zero-order valence-electron chi connectivity index (χ0n) is 25.0. The number of anilines is 1. The molecule has 45 heavy (non-hydrogen) atoms. The molecule has 0 aliphatic carbocycles. The van der Waals surface area contributed by atoms with E-state index in [0.717, 1.165) is 5.56 Å². The number of ether oxygens (including phenoxy) is 1. The van der Waals surface area contributed by atoms with E-state index in [1.54, 1.807) is 48.5 Å². The smallest absolute Gasteiger partial charge is 0.271 e. The quantitative estimate of drug-likeness (QED) is 0.163. The van der Waals surface area contributed by atoms with E-state index in [-0.39, 0.29) is 25.3 Å². The molecule has 1 aromatic heterocycles. The predicted octanol–water partition coefficient (Wildman–Crippen LogP) is 6.35. The first-order chi connectivity index (χ1) is 21.8. The van der Waals surface area contributed by atoms with Gasteiger partial charge < -0.3 is 25.3 Å². The third-order valence-electron chi connectivity index (χ3n) is 7.22. The molecule has 5 rings (SSSR count). The number of carbonyl (C=O) groups excluding carboxylic acids is 3. The Kier molecular flexibility index (Phi) is 9.55. The molecule has 0 spiro atoms. The SMILES string of the molecule is CC(C)c1ccc(Oc2ccc(NC(=O)CN(CC(=O)NCc3ccccc3)C(=O)c3cc4cccc(C#N)c4[nH]3)cc2)cc1. The highest BCUT2D eigenvalue weighted by Crippen LogP contribution is 2.25. The second-order valence-electron chi connectivity index (χ2n) is 10.9. The van der Waals surface area contributed by atoms with Gasteiger partial charge in [-0.2, -0.15) is 5.26 Å². The Labute approximate surface area is 261 Å². The molecule has 0 bridgehead atoms. The molecular weight excluding hydrogens is 566 g/mol. The first kappa shape index (κ1) is 30.6. The lowest BCUT2D eigenvalue weighted by Crippen LogP contribution is -2.44. The molecule has 0 unspecified atom stereocenters. The second kappa shape index (κ2) is 14.1. The number of H-pyrrole nitrogens is 1. The largest absolute Gasteiger partial charge is 0.457 e. The molecule has 4 aromatic carbocycles. The number of fused-ring (bicyclic) bond motifs is 1. The van der Waals surface area contributed by atoms with Gasteiger partial charge in [-0.25, -0.2) is 0 Å². The maximum absolute atomic E-state index is 13.6. The fraction of sp³-hybridized carbons (Fsp3) is 0.167. The number of nitrogens with zero attached hydrogens (tertiary/aromatic N) is 2. The summed E-state index contributed by atoms with van der Waals surface area (Å²) in [5.74, 6) is 0.285. The Morgan fingerprint density at radius 2 is 1.51 bits per heavy atom. The molecule has 226 valence electrons. The van der Waals surface area contributed by atoms with Crippen LogP contribution in [0.2, 0.25) is 0 Å². The van der Waals surface area contributed by atoms with E-state index in [2.05, 4.69) is 35.5 Å². The van der Waals surface area contributed by atoms with Gasteiger partial charge in [0.25, 0.3) is 5.91 Å². The van der Waals surface area contributed by atoms with Gasteiger partial charge >= 0.3 is 0 Å². The summed E-state index contributed by atoms with van der Waals surface area (Å²) in [6.07, 6.45) is 0. The van der Waals surface area contributed by atoms with Crippen LogP contribution in [0.3, 0.4) is 0 Å². The lowest BCUT2D eigenvalue weighted by molar-refractivity contribution is -0.122. The molecule has 1 heterocycles. The van der Waals surface area contributed by atoms with E-state index in [1.165, 1.54) is 10.5 Å². The summed E-state index contributed by atoms with van der Waals surface area (Å²) in [6, 6.07) is 33.0. The van der Waals surface area contributed by atoms with Crippen molar-refractivity contribution in [2.75, 3.05) is 18.4 Å². The van der Waals surface area contributed by atoms with E-state index in [4.69, 9.17) is 4.74 Å². The van der Waals surface area contributed by atoms with Crippen molar-refractivity contribution >= 4 is 34.3 Å². The molecule has 0 aliphatic heterocycles. The number of aromatic nitrogens is 1. The van der Waals surface area contributed by atoms with Gasteiger partial charge in [0, 0.05) is 17.6 Å². The zero-order chi connectivity index (χ0) is 31.8. The van der Waals surface area contributed by atoms with Gasteiger partial charge in [0.15, 0.2) is 0 Å². The van der Waals surface area contributed by atoms with Crippen LogP contribution in [0.1, 0.15) is 46.9 Å². The van der Waals surface area contributed by atoms with Crippen molar-refractivity contribution in [1.82, 2.24) is 15.2 Å². The molecule has 3 amide bonds. The molecule has 0 aliphatic rings. The lowest BCUT2D eigenvalue weighted by Gasteiger charge is -2.21. The molecular formula is C36H33N5O4. The second-order valence-corrected chi connectivity index (χ2v) is 10.9. The van der Waals surface area contributed by atoms with Crippen molar-refractivity contribution < 1.29 is 19.1 Å². The highest BCUT2D eigenvalue weighted by atomic mass is 16.5. The molecule has 0 radical (unpaired) electrons. The summed E-state index contributed by atoms with van der Waals surface area (Å²) in [7, 11) is 0. The van der Waals surface area contributed by atoms with Crippen LogP contribution in [0, 0.1) is 11.3 Å². The number of aromatic amines is 1. The molecule has 5 aromatic rings. The summed E-state index contributed by atoms with van der Waals surface area (Å²) in [6.45, 7) is 3.82. The van der Waals surface area contributed by atoms with E-state index >= 15 is 0 Å². The van der Waals surface area contributed by atoms with Crippen molar-refractivity contribution in [3.8, 4) is 17.6 Å². The topological polar surface area (TPSA) is 127 Å². The molecule has 0 saturated heterocycles. The first-order valence-electron chi connectivity index (χ1n) is 14.6. The minimum atomic E-state index is -0.549. The molecule has 3 N–H and O–H groups in total. The number of benzene rings is 4. The average Bonchev–Trinajstić information content (AvgIpc) is 3.49. The molecule has 0 fully saturated rings. The van der Waals surface area contributed by atoms with Crippen LogP contribution < -0.4 is 15.4 Å². The van der Waals surface area contributed by atoms with Gasteiger partial charge in [0.05, 0.1) is 11.1 Å². The van der Waals surface area contributed by atoms with E-state index < -0.39 is 17.7 Å². The Hall–Kier alpha value is -5.88. The Morgan fingerprint density at radius 3 is 2.18 bits per heavy atom. The minimum absolute atomic E-state index is 0.166. The highest BCUT2D eigenvalue weighted by Gasteiger charge is 2.24. The van der Waals surface area contributed by atoms with Crippen LogP contribution in [0.25, 0.3) is 10.9 Å². The summed E-state index contributed by atoms with van der Waals surface area (Å²) >= 11 is 0. The number of carbonyl (C=O) groups is 3. The van der Waals surface area contributed by atoms with E-state index in [1.807, 2.05) is 54.6 Å². The minimum Gasteiger partial charge on any atom is -0.457 e. The summed E-state index contributed by atoms with van der Waals surface area (Å²) in [5, 5.41) is 15.7. The van der Waals surface area contributed by atoms with Gasteiger partial charge in [-0.05, 0) is 65.6 Å². The third-order valence-corrected chi connectivity index (χ3v) is 7.22. The predicted molar refractivity (Wildman–Crippen MR) is 173 cm³/mol. The van der Waals surface area contributed by atoms with E-state index in [9.17, 15) is 19.6 Å². The molecule has 9 nitrogen and oxygen atoms in total. The van der Waals surface area contributed by atoms with Crippen LogP contribution in [-0.4, -0.2) is 40.7 Å². The highest BCUT2D eigenvalue weighted by molar-refractivity contribution is 6.03. The van der Waals surface area contributed by atoms with Crippen LogP contribution >= 0.6 is 0 Å². The maximum Gasteiger partial charge on any atom is 0.271 e. The first-order valence-corrected chi connectivity index (χ1v) is 14.6. The fourth-order valence-electron chi connectivity index (χ4n) is 4.80. The van der Waals surface area contributed by atoms with Gasteiger partial charge in [-0.15, -0.1) is 0 Å². The monoisotopic (exact) mass is 599 g/mol. The van der Waals surface area contributed by atoms with Gasteiger partial charge in [0.2, 0.25) is 11.8 Å². The number of rotatable bonds is 11. The number of nitriles is 1. The zero-order valence-corrected chi connectivity index (χ0v) is 25.0. The van der Waals surface area contributed by atoms with Crippen molar-refractivity contribution in [3.63, 3.8) is 0 Å². The number of hydrogen-bond donors (Lipinski definition) is 3. The van der Waals surface area contributed by atoms with Gasteiger partial charge in [-0.1, -0.05) is 68.4 Å². The van der Waals surface area contributed by atoms with Gasteiger partial charge in [-0.3, -0.25) is 14.4 Å². The fourth-order valence-corrected chi connectivity index (χ4v) is 4.80. The van der Waals surface area contributed by atoms with Crippen LogP contribution in [0.5, 0.6) is 11.5 Å². The van der Waals surface area contributed by atoms with Crippen LogP contribution in [-0.2, 0) is 16.1 Å². The normalized spacial score (nSPS) is 10.7. The van der Waals surface area contributed by atoms with Crippen molar-refractivity contribution in [3.05, 3.63) is 126 Å². The average molecular weight is 600 g/mol. The summed E-state index contributed by atoms with van der Waals surface area (Å²) in [4.78, 5) is 43.8. The third kappa shape index (κ3) is 7.94. The number of amides is 3. The number of para-hydroxylation sites is 1. The molecule has 0 saturated carbocycles. The summed E-state index contributed by atoms with van der Waals surface area (Å²) in [5.41, 5.74) is 3.70. The summed E-state index contributed by atoms with van der Waals surface area (Å²) < 4.78 is 5.92. The number of nitrogens with one attached hydrogen (secondary N) is 3. The Balaban J connectivity index is 1.27. The van der Waals surface area contributed by atoms with Crippen molar-refractivity contribution in [2.24, 2.45) is 0 Å². The van der Waals surface area contributed by atoms with Crippen molar-refractivity contribution in [1.29, 1.82) is 5.26 Å². The lowest BCUT2D eigenvalue weighted by atomic mass is 10.0. The van der Waals surface area contributed by atoms with E-state index in [0.29, 0.717) is 39.6 Å². The Bertz CT molecular complexity index is 1840. The Morgan fingerprint density at radius 1 is 0.844 bits per heavy atom. The number of hydrogen-bond acceptors (Lipinski definition) is 5. The maximum atomic E-state index is 13.6. The van der Waals surface area contributed by atoms with Crippen molar-refractivity contribution in [2.45, 2.75) is 26.3 Å². The molecule has 0 atom stereocenters.